The number of H-pyrrole nitrogens is 1. The molecule has 0 amide bonds. The van der Waals surface area contributed by atoms with Gasteiger partial charge in [0.1, 0.15) is 0 Å². The van der Waals surface area contributed by atoms with E-state index in [1.54, 1.807) is 19.3 Å². The number of rotatable bonds is 3. The Hall–Kier alpha value is -1.32. The number of aromatic amines is 1. The van der Waals surface area contributed by atoms with Crippen molar-refractivity contribution < 1.29 is 4.79 Å². The van der Waals surface area contributed by atoms with Crippen LogP contribution in [0.25, 0.3) is 10.9 Å². The molecule has 2 rings (SSSR count). The summed E-state index contributed by atoms with van der Waals surface area (Å²) in [6, 6.07) is 5.29. The number of carbonyl (C=O) groups excluding carboxylic acids is 1. The maximum Gasteiger partial charge on any atom is 0.181 e. The third-order valence-electron chi connectivity index (χ3n) is 2.74. The van der Waals surface area contributed by atoms with Gasteiger partial charge in [-0.2, -0.15) is 0 Å². The maximum absolute atomic E-state index is 12.0. The zero-order valence-corrected chi connectivity index (χ0v) is 9.93. The summed E-state index contributed by atoms with van der Waals surface area (Å²) < 4.78 is 0. The molecule has 1 aromatic heterocycles. The van der Waals surface area contributed by atoms with Gasteiger partial charge < -0.3 is 10.3 Å². The summed E-state index contributed by atoms with van der Waals surface area (Å²) in [5.41, 5.74) is 1.61. The van der Waals surface area contributed by atoms with Gasteiger partial charge in [-0.25, -0.2) is 0 Å². The van der Waals surface area contributed by atoms with Gasteiger partial charge in [0, 0.05) is 27.7 Å². The van der Waals surface area contributed by atoms with Crippen molar-refractivity contribution in [2.75, 3.05) is 7.05 Å². The molecule has 0 radical (unpaired) electrons. The van der Waals surface area contributed by atoms with E-state index in [0.717, 1.165) is 10.9 Å². The molecule has 1 heterocycles. The van der Waals surface area contributed by atoms with Crippen molar-refractivity contribution in [2.45, 2.75) is 13.0 Å². The van der Waals surface area contributed by atoms with Gasteiger partial charge in [0.15, 0.2) is 5.78 Å². The predicted octanol–water partition coefficient (Wildman–Crippen LogP) is 2.61. The fraction of sp³-hybridized carbons (Fsp3) is 0.250. The minimum absolute atomic E-state index is 0.0658. The molecule has 0 fully saturated rings. The highest BCUT2D eigenvalue weighted by Gasteiger charge is 2.17. The molecule has 0 spiro atoms. The van der Waals surface area contributed by atoms with Crippen LogP contribution in [0.15, 0.2) is 24.4 Å². The van der Waals surface area contributed by atoms with Crippen LogP contribution in [0.1, 0.15) is 17.3 Å². The van der Waals surface area contributed by atoms with Crippen LogP contribution in [-0.2, 0) is 0 Å². The van der Waals surface area contributed by atoms with Crippen LogP contribution >= 0.6 is 11.6 Å². The van der Waals surface area contributed by atoms with Crippen molar-refractivity contribution in [2.24, 2.45) is 0 Å². The van der Waals surface area contributed by atoms with Gasteiger partial charge in [0.05, 0.1) is 6.04 Å². The number of aromatic nitrogens is 1. The second kappa shape index (κ2) is 4.28. The van der Waals surface area contributed by atoms with E-state index in [-0.39, 0.29) is 11.8 Å². The molecular formula is C12H13ClN2O. The highest BCUT2D eigenvalue weighted by atomic mass is 35.5. The Morgan fingerprint density at radius 2 is 2.25 bits per heavy atom. The summed E-state index contributed by atoms with van der Waals surface area (Å²) in [5.74, 6) is 0.0658. The third-order valence-corrected chi connectivity index (χ3v) is 2.97. The van der Waals surface area contributed by atoms with Gasteiger partial charge in [-0.3, -0.25) is 4.79 Å². The average Bonchev–Trinajstić information content (AvgIpc) is 2.69. The van der Waals surface area contributed by atoms with E-state index in [0.29, 0.717) is 10.6 Å². The molecule has 3 nitrogen and oxygen atoms in total. The van der Waals surface area contributed by atoms with Gasteiger partial charge >= 0.3 is 0 Å². The lowest BCUT2D eigenvalue weighted by Crippen LogP contribution is -2.30. The maximum atomic E-state index is 12.0. The Kier molecular flexibility index (Phi) is 2.99. The molecule has 84 valence electrons. The third kappa shape index (κ3) is 1.84. The van der Waals surface area contributed by atoms with Gasteiger partial charge in [0.25, 0.3) is 0 Å². The Balaban J connectivity index is 2.53. The first-order valence-electron chi connectivity index (χ1n) is 5.11. The van der Waals surface area contributed by atoms with E-state index < -0.39 is 0 Å². The monoisotopic (exact) mass is 236 g/mol. The predicted molar refractivity (Wildman–Crippen MR) is 66.2 cm³/mol. The smallest absolute Gasteiger partial charge is 0.181 e. The fourth-order valence-electron chi connectivity index (χ4n) is 1.66. The average molecular weight is 237 g/mol. The Labute approximate surface area is 98.8 Å². The van der Waals surface area contributed by atoms with Crippen LogP contribution in [-0.4, -0.2) is 23.9 Å². The quantitative estimate of drug-likeness (QED) is 0.805. The number of halogens is 1. The number of nitrogens with one attached hydrogen (secondary N) is 2. The summed E-state index contributed by atoms with van der Waals surface area (Å²) >= 11 is 5.92. The van der Waals surface area contributed by atoms with Crippen LogP contribution in [0.5, 0.6) is 0 Å². The van der Waals surface area contributed by atoms with E-state index in [1.807, 2.05) is 19.1 Å². The van der Waals surface area contributed by atoms with Gasteiger partial charge in [-0.15, -0.1) is 0 Å². The highest BCUT2D eigenvalue weighted by molar-refractivity contribution is 6.31. The van der Waals surface area contributed by atoms with Crippen molar-refractivity contribution in [3.63, 3.8) is 0 Å². The number of Topliss-reactive ketones (excluding diaryl/α,β-unsaturated/α-hetero) is 1. The summed E-state index contributed by atoms with van der Waals surface area (Å²) in [7, 11) is 1.77. The minimum atomic E-state index is -0.196. The van der Waals surface area contributed by atoms with Gasteiger partial charge in [-0.05, 0) is 32.2 Å². The van der Waals surface area contributed by atoms with Crippen molar-refractivity contribution in [1.82, 2.24) is 10.3 Å². The first kappa shape index (κ1) is 11.2. The van der Waals surface area contributed by atoms with Crippen molar-refractivity contribution >= 4 is 28.3 Å². The topological polar surface area (TPSA) is 44.9 Å². The van der Waals surface area contributed by atoms with Crippen LogP contribution in [0.4, 0.5) is 0 Å². The number of benzene rings is 1. The number of likely N-dealkylation sites (N-methyl/N-ethyl adjacent to an activating group) is 1. The number of carbonyl (C=O) groups is 1. The Morgan fingerprint density at radius 1 is 1.50 bits per heavy atom. The first-order valence-corrected chi connectivity index (χ1v) is 5.49. The number of ketones is 1. The van der Waals surface area contributed by atoms with Crippen molar-refractivity contribution in [1.29, 1.82) is 0 Å². The largest absolute Gasteiger partial charge is 0.360 e. The summed E-state index contributed by atoms with van der Waals surface area (Å²) in [6.45, 7) is 1.84. The summed E-state index contributed by atoms with van der Waals surface area (Å²) in [4.78, 5) is 15.1. The first-order chi connectivity index (χ1) is 7.63. The molecule has 0 aliphatic rings. The summed E-state index contributed by atoms with van der Waals surface area (Å²) in [6.07, 6.45) is 1.73. The zero-order valence-electron chi connectivity index (χ0n) is 9.17. The van der Waals surface area contributed by atoms with Gasteiger partial charge in [-0.1, -0.05) is 11.6 Å². The Morgan fingerprint density at radius 3 is 2.94 bits per heavy atom. The normalized spacial score (nSPS) is 12.9. The molecule has 0 aliphatic heterocycles. The Bertz CT molecular complexity index is 533. The molecule has 1 aromatic carbocycles. The molecule has 0 saturated heterocycles. The molecule has 4 heteroatoms. The summed E-state index contributed by atoms with van der Waals surface area (Å²) in [5, 5.41) is 4.45. The van der Waals surface area contributed by atoms with Crippen molar-refractivity contribution in [3.05, 3.63) is 35.0 Å². The minimum Gasteiger partial charge on any atom is -0.360 e. The van der Waals surface area contributed by atoms with E-state index >= 15 is 0 Å². The number of hydrogen-bond donors (Lipinski definition) is 2. The lowest BCUT2D eigenvalue weighted by Gasteiger charge is -2.07. The molecule has 0 unspecified atom stereocenters. The lowest BCUT2D eigenvalue weighted by atomic mass is 10.0. The van der Waals surface area contributed by atoms with Crippen molar-refractivity contribution in [3.8, 4) is 0 Å². The standard InChI is InChI=1S/C12H13ClN2O/c1-7(14-2)12(16)10-6-15-11-4-3-8(13)5-9(10)11/h3-7,14-15H,1-2H3/t7-/m0/s1. The second-order valence-corrected chi connectivity index (χ2v) is 4.20. The van der Waals surface area contributed by atoms with Gasteiger partial charge in [0.2, 0.25) is 0 Å². The molecule has 2 aromatic rings. The van der Waals surface area contributed by atoms with E-state index in [1.165, 1.54) is 0 Å². The molecule has 0 saturated carbocycles. The molecule has 2 N–H and O–H groups in total. The van der Waals surface area contributed by atoms with E-state index in [4.69, 9.17) is 11.6 Å². The highest BCUT2D eigenvalue weighted by Crippen LogP contribution is 2.23. The molecular weight excluding hydrogens is 224 g/mol. The van der Waals surface area contributed by atoms with E-state index in [9.17, 15) is 4.79 Å². The lowest BCUT2D eigenvalue weighted by molar-refractivity contribution is 0.0956. The molecule has 1 atom stereocenters. The number of fused-ring (bicyclic) bond motifs is 1. The zero-order chi connectivity index (χ0) is 11.7. The van der Waals surface area contributed by atoms with Crippen LogP contribution in [0, 0.1) is 0 Å². The van der Waals surface area contributed by atoms with Crippen LogP contribution in [0.3, 0.4) is 0 Å². The van der Waals surface area contributed by atoms with Crippen LogP contribution < -0.4 is 5.32 Å². The molecule has 0 bridgehead atoms. The molecule has 0 aliphatic carbocycles. The van der Waals surface area contributed by atoms with E-state index in [2.05, 4.69) is 10.3 Å². The van der Waals surface area contributed by atoms with Crippen LogP contribution in [0.2, 0.25) is 5.02 Å². The second-order valence-electron chi connectivity index (χ2n) is 3.77. The SMILES string of the molecule is CN[C@@H](C)C(=O)c1c[nH]c2ccc(Cl)cc12. The number of hydrogen-bond acceptors (Lipinski definition) is 2. The molecule has 16 heavy (non-hydrogen) atoms. The fourth-order valence-corrected chi connectivity index (χ4v) is 1.83.